The van der Waals surface area contributed by atoms with E-state index in [1.807, 2.05) is 30.3 Å². The summed E-state index contributed by atoms with van der Waals surface area (Å²) in [5, 5.41) is 6.63. The lowest BCUT2D eigenvalue weighted by atomic mass is 9.84. The SMILES string of the molecule is CCNC(=NCC1(CC)CCCC1)NCCS(=O)c1ccccc1. The molecular weight excluding hydrogens is 318 g/mol. The zero-order chi connectivity index (χ0) is 17.3. The molecule has 1 atom stereocenters. The molecule has 1 unspecified atom stereocenters. The topological polar surface area (TPSA) is 53.5 Å². The molecule has 24 heavy (non-hydrogen) atoms. The van der Waals surface area contributed by atoms with Gasteiger partial charge in [-0.1, -0.05) is 38.0 Å². The average molecular weight is 350 g/mol. The molecule has 0 aromatic heterocycles. The molecule has 1 aromatic rings. The van der Waals surface area contributed by atoms with Gasteiger partial charge in [-0.2, -0.15) is 0 Å². The maximum absolute atomic E-state index is 12.3. The van der Waals surface area contributed by atoms with Crippen LogP contribution in [-0.4, -0.2) is 35.6 Å². The highest BCUT2D eigenvalue weighted by Gasteiger charge is 2.31. The second-order valence-electron chi connectivity index (χ2n) is 6.55. The molecule has 1 aliphatic carbocycles. The Bertz CT molecular complexity index is 539. The number of hydrogen-bond acceptors (Lipinski definition) is 2. The van der Waals surface area contributed by atoms with E-state index in [0.29, 0.717) is 17.7 Å². The van der Waals surface area contributed by atoms with Crippen molar-refractivity contribution in [3.05, 3.63) is 30.3 Å². The Balaban J connectivity index is 1.84. The van der Waals surface area contributed by atoms with Crippen molar-refractivity contribution < 1.29 is 4.21 Å². The minimum atomic E-state index is -0.965. The highest BCUT2D eigenvalue weighted by molar-refractivity contribution is 7.85. The lowest BCUT2D eigenvalue weighted by Gasteiger charge is -2.25. The van der Waals surface area contributed by atoms with E-state index in [1.165, 1.54) is 32.1 Å². The first-order chi connectivity index (χ1) is 11.7. The van der Waals surface area contributed by atoms with Crippen molar-refractivity contribution in [1.82, 2.24) is 10.6 Å². The molecule has 2 rings (SSSR count). The summed E-state index contributed by atoms with van der Waals surface area (Å²) >= 11 is 0. The van der Waals surface area contributed by atoms with Crippen LogP contribution >= 0.6 is 0 Å². The van der Waals surface area contributed by atoms with E-state index in [9.17, 15) is 4.21 Å². The van der Waals surface area contributed by atoms with E-state index >= 15 is 0 Å². The Labute approximate surface area is 149 Å². The predicted octanol–water partition coefficient (Wildman–Crippen LogP) is 3.32. The maximum atomic E-state index is 12.3. The fourth-order valence-electron chi connectivity index (χ4n) is 3.29. The molecule has 1 aromatic carbocycles. The van der Waals surface area contributed by atoms with Gasteiger partial charge in [0.05, 0.1) is 10.8 Å². The Morgan fingerprint density at radius 2 is 1.88 bits per heavy atom. The number of aliphatic imine (C=N–C) groups is 1. The van der Waals surface area contributed by atoms with Crippen molar-refractivity contribution in [1.29, 1.82) is 0 Å². The third kappa shape index (κ3) is 5.62. The first-order valence-corrected chi connectivity index (χ1v) is 10.5. The zero-order valence-electron chi connectivity index (χ0n) is 15.0. The largest absolute Gasteiger partial charge is 0.357 e. The van der Waals surface area contributed by atoms with E-state index in [0.717, 1.165) is 23.9 Å². The summed E-state index contributed by atoms with van der Waals surface area (Å²) < 4.78 is 12.3. The summed E-state index contributed by atoms with van der Waals surface area (Å²) in [5.74, 6) is 1.44. The van der Waals surface area contributed by atoms with E-state index < -0.39 is 10.8 Å². The van der Waals surface area contributed by atoms with Gasteiger partial charge in [-0.3, -0.25) is 9.20 Å². The number of benzene rings is 1. The maximum Gasteiger partial charge on any atom is 0.191 e. The van der Waals surface area contributed by atoms with Crippen molar-refractivity contribution >= 4 is 16.8 Å². The first kappa shape index (κ1) is 19.0. The fraction of sp³-hybridized carbons (Fsp3) is 0.632. The molecule has 0 radical (unpaired) electrons. The molecule has 0 amide bonds. The second kappa shape index (κ2) is 9.82. The van der Waals surface area contributed by atoms with E-state index in [-0.39, 0.29) is 0 Å². The van der Waals surface area contributed by atoms with Crippen molar-refractivity contribution in [2.45, 2.75) is 50.8 Å². The number of hydrogen-bond donors (Lipinski definition) is 2. The Kier molecular flexibility index (Phi) is 7.76. The summed E-state index contributed by atoms with van der Waals surface area (Å²) in [6.45, 7) is 6.74. The van der Waals surface area contributed by atoms with Gasteiger partial charge in [0, 0.05) is 30.3 Å². The van der Waals surface area contributed by atoms with Crippen LogP contribution in [0, 0.1) is 5.41 Å². The van der Waals surface area contributed by atoms with Crippen LogP contribution in [0.25, 0.3) is 0 Å². The number of guanidine groups is 1. The molecule has 5 heteroatoms. The third-order valence-corrected chi connectivity index (χ3v) is 6.29. The van der Waals surface area contributed by atoms with Crippen LogP contribution < -0.4 is 10.6 Å². The highest BCUT2D eigenvalue weighted by Crippen LogP contribution is 2.41. The second-order valence-corrected chi connectivity index (χ2v) is 8.12. The van der Waals surface area contributed by atoms with E-state index in [1.54, 1.807) is 0 Å². The summed E-state index contributed by atoms with van der Waals surface area (Å²) in [5.41, 5.74) is 0.398. The smallest absolute Gasteiger partial charge is 0.191 e. The molecule has 1 fully saturated rings. The van der Waals surface area contributed by atoms with Crippen LogP contribution in [0.4, 0.5) is 0 Å². The zero-order valence-corrected chi connectivity index (χ0v) is 15.8. The lowest BCUT2D eigenvalue weighted by molar-refractivity contribution is 0.297. The van der Waals surface area contributed by atoms with Crippen molar-refractivity contribution in [3.8, 4) is 0 Å². The van der Waals surface area contributed by atoms with Crippen molar-refractivity contribution in [2.75, 3.05) is 25.4 Å². The molecule has 0 saturated heterocycles. The molecule has 0 bridgehead atoms. The highest BCUT2D eigenvalue weighted by atomic mass is 32.2. The monoisotopic (exact) mass is 349 g/mol. The van der Waals surface area contributed by atoms with E-state index in [2.05, 4.69) is 24.5 Å². The molecule has 134 valence electrons. The summed E-state index contributed by atoms with van der Waals surface area (Å²) in [6, 6.07) is 9.64. The average Bonchev–Trinajstić information content (AvgIpc) is 3.10. The molecule has 1 aliphatic rings. The van der Waals surface area contributed by atoms with Gasteiger partial charge in [0.25, 0.3) is 0 Å². The van der Waals surface area contributed by atoms with Gasteiger partial charge in [-0.15, -0.1) is 0 Å². The third-order valence-electron chi connectivity index (χ3n) is 4.92. The molecule has 0 heterocycles. The lowest BCUT2D eigenvalue weighted by Crippen LogP contribution is -2.40. The standard InChI is InChI=1S/C19H31N3OS/c1-3-19(12-8-9-13-19)16-22-18(20-4-2)21-14-15-24(23)17-10-6-5-7-11-17/h5-7,10-11H,3-4,8-9,12-16H2,1-2H3,(H2,20,21,22). The first-order valence-electron chi connectivity index (χ1n) is 9.15. The number of nitrogens with zero attached hydrogens (tertiary/aromatic N) is 1. The van der Waals surface area contributed by atoms with Crippen LogP contribution in [0.5, 0.6) is 0 Å². The number of nitrogens with one attached hydrogen (secondary N) is 2. The summed E-state index contributed by atoms with van der Waals surface area (Å²) in [7, 11) is -0.965. The Morgan fingerprint density at radius 3 is 2.50 bits per heavy atom. The van der Waals surface area contributed by atoms with Crippen LogP contribution in [0.3, 0.4) is 0 Å². The van der Waals surface area contributed by atoms with Crippen LogP contribution in [0.2, 0.25) is 0 Å². The van der Waals surface area contributed by atoms with Gasteiger partial charge >= 0.3 is 0 Å². The number of rotatable bonds is 8. The van der Waals surface area contributed by atoms with Gasteiger partial charge in [-0.25, -0.2) is 0 Å². The van der Waals surface area contributed by atoms with Gasteiger partial charge in [0.1, 0.15) is 0 Å². The molecule has 2 N–H and O–H groups in total. The van der Waals surface area contributed by atoms with E-state index in [4.69, 9.17) is 4.99 Å². The quantitative estimate of drug-likeness (QED) is 0.559. The Hall–Kier alpha value is -1.36. The molecular formula is C19H31N3OS. The van der Waals surface area contributed by atoms with Crippen LogP contribution in [-0.2, 0) is 10.8 Å². The van der Waals surface area contributed by atoms with Gasteiger partial charge in [-0.05, 0) is 43.7 Å². The molecule has 4 nitrogen and oxygen atoms in total. The molecule has 0 aliphatic heterocycles. The van der Waals surface area contributed by atoms with Crippen LogP contribution in [0.1, 0.15) is 46.0 Å². The van der Waals surface area contributed by atoms with Crippen LogP contribution in [0.15, 0.2) is 40.2 Å². The summed E-state index contributed by atoms with van der Waals surface area (Å²) in [4.78, 5) is 5.69. The minimum Gasteiger partial charge on any atom is -0.357 e. The summed E-state index contributed by atoms with van der Waals surface area (Å²) in [6.07, 6.45) is 6.47. The fourth-order valence-corrected chi connectivity index (χ4v) is 4.27. The molecule has 0 spiro atoms. The van der Waals surface area contributed by atoms with Crippen molar-refractivity contribution in [3.63, 3.8) is 0 Å². The molecule has 1 saturated carbocycles. The van der Waals surface area contributed by atoms with Gasteiger partial charge in [0.15, 0.2) is 5.96 Å². The van der Waals surface area contributed by atoms with Gasteiger partial charge < -0.3 is 10.6 Å². The predicted molar refractivity (Wildman–Crippen MR) is 103 cm³/mol. The Morgan fingerprint density at radius 1 is 1.17 bits per heavy atom. The normalized spacial score (nSPS) is 18.3. The minimum absolute atomic E-state index is 0.398. The van der Waals surface area contributed by atoms with Gasteiger partial charge in [0.2, 0.25) is 0 Å². The van der Waals surface area contributed by atoms with Crippen molar-refractivity contribution in [2.24, 2.45) is 10.4 Å².